The van der Waals surface area contributed by atoms with Gasteiger partial charge in [-0.2, -0.15) is 0 Å². The first-order valence-corrected chi connectivity index (χ1v) is 4.99. The summed E-state index contributed by atoms with van der Waals surface area (Å²) in [6.07, 6.45) is 8.10. The van der Waals surface area contributed by atoms with E-state index >= 15 is 0 Å². The molecule has 1 N–H and O–H groups in total. The molecule has 4 nitrogen and oxygen atoms in total. The van der Waals surface area contributed by atoms with Gasteiger partial charge in [-0.05, 0) is 6.92 Å². The van der Waals surface area contributed by atoms with Crippen molar-refractivity contribution in [1.82, 2.24) is 15.3 Å². The second-order valence-electron chi connectivity index (χ2n) is 2.41. The lowest BCUT2D eigenvalue weighted by molar-refractivity contribution is 0.0957. The van der Waals surface area contributed by atoms with Crippen molar-refractivity contribution in [2.45, 2.75) is 20.8 Å². The molecule has 0 saturated heterocycles. The van der Waals surface area contributed by atoms with Crippen LogP contribution >= 0.6 is 0 Å². The van der Waals surface area contributed by atoms with Crippen LogP contribution in [-0.2, 0) is 0 Å². The molecule has 1 rings (SSSR count). The molecule has 0 bridgehead atoms. The summed E-state index contributed by atoms with van der Waals surface area (Å²) in [5.74, 6) is -0.154. The first-order chi connectivity index (χ1) is 7.34. The smallest absolute Gasteiger partial charge is 0.254 e. The number of allylic oxidation sites excluding steroid dienone is 1. The van der Waals surface area contributed by atoms with Gasteiger partial charge in [0.25, 0.3) is 5.91 Å². The van der Waals surface area contributed by atoms with E-state index in [2.05, 4.69) is 15.3 Å². The molecule has 0 aromatic carbocycles. The highest BCUT2D eigenvalue weighted by molar-refractivity contribution is 5.93. The minimum absolute atomic E-state index is 0.154. The average molecular weight is 207 g/mol. The van der Waals surface area contributed by atoms with Crippen LogP contribution in [0.1, 0.15) is 31.1 Å². The topological polar surface area (TPSA) is 54.9 Å². The summed E-state index contributed by atoms with van der Waals surface area (Å²) < 4.78 is 0. The number of amides is 1. The highest BCUT2D eigenvalue weighted by atomic mass is 16.1. The van der Waals surface area contributed by atoms with Gasteiger partial charge in [0.2, 0.25) is 0 Å². The minimum atomic E-state index is -0.154. The Morgan fingerprint density at radius 2 is 2.00 bits per heavy atom. The number of hydrogen-bond donors (Lipinski definition) is 1. The molecular weight excluding hydrogens is 190 g/mol. The van der Waals surface area contributed by atoms with E-state index in [1.807, 2.05) is 32.9 Å². The van der Waals surface area contributed by atoms with E-state index in [0.29, 0.717) is 12.1 Å². The van der Waals surface area contributed by atoms with Crippen molar-refractivity contribution in [3.8, 4) is 0 Å². The van der Waals surface area contributed by atoms with E-state index in [1.54, 1.807) is 0 Å². The molecule has 1 amide bonds. The van der Waals surface area contributed by atoms with Crippen molar-refractivity contribution in [1.29, 1.82) is 0 Å². The Hall–Kier alpha value is -1.71. The molecule has 0 radical (unpaired) electrons. The van der Waals surface area contributed by atoms with Gasteiger partial charge in [-0.15, -0.1) is 0 Å². The van der Waals surface area contributed by atoms with Gasteiger partial charge in [-0.1, -0.05) is 26.0 Å². The van der Waals surface area contributed by atoms with Gasteiger partial charge in [0.15, 0.2) is 0 Å². The summed E-state index contributed by atoms with van der Waals surface area (Å²) in [6.45, 7) is 6.43. The zero-order valence-corrected chi connectivity index (χ0v) is 9.40. The maximum Gasteiger partial charge on any atom is 0.254 e. The number of aromatic nitrogens is 2. The van der Waals surface area contributed by atoms with E-state index < -0.39 is 0 Å². The quantitative estimate of drug-likeness (QED) is 0.769. The van der Waals surface area contributed by atoms with Crippen LogP contribution in [0, 0.1) is 0 Å². The molecule has 0 unspecified atom stereocenters. The highest BCUT2D eigenvalue weighted by Crippen LogP contribution is 1.91. The lowest BCUT2D eigenvalue weighted by atomic mass is 10.3. The predicted octanol–water partition coefficient (Wildman–Crippen LogP) is 1.81. The largest absolute Gasteiger partial charge is 0.348 e. The maximum absolute atomic E-state index is 11.3. The van der Waals surface area contributed by atoms with E-state index in [1.165, 1.54) is 18.7 Å². The van der Waals surface area contributed by atoms with Crippen LogP contribution in [0.25, 0.3) is 0 Å². The molecule has 1 aromatic heterocycles. The summed E-state index contributed by atoms with van der Waals surface area (Å²) in [6, 6.07) is 0. The van der Waals surface area contributed by atoms with Crippen molar-refractivity contribution in [3.63, 3.8) is 0 Å². The van der Waals surface area contributed by atoms with E-state index in [4.69, 9.17) is 0 Å². The fourth-order valence-electron chi connectivity index (χ4n) is 0.788. The van der Waals surface area contributed by atoms with Gasteiger partial charge in [-0.3, -0.25) is 4.79 Å². The predicted molar refractivity (Wildman–Crippen MR) is 60.5 cm³/mol. The number of nitrogens with one attached hydrogen (secondary N) is 1. The van der Waals surface area contributed by atoms with Crippen LogP contribution in [-0.4, -0.2) is 22.4 Å². The fraction of sp³-hybridized carbons (Fsp3) is 0.364. The standard InChI is InChI=1S/C9H11N3O.C2H6/c1-2-3-4-12-9(13)8-5-10-7-11-6-8;1-2/h2-3,5-7H,4H2,1H3,(H,12,13);1-2H3/b3-2+;. The number of hydrogen-bond acceptors (Lipinski definition) is 3. The Bertz CT molecular complexity index is 296. The van der Waals surface area contributed by atoms with Crippen LogP contribution in [0.3, 0.4) is 0 Å². The second kappa shape index (κ2) is 8.87. The molecule has 4 heteroatoms. The van der Waals surface area contributed by atoms with Crippen molar-refractivity contribution in [2.75, 3.05) is 6.54 Å². The van der Waals surface area contributed by atoms with Crippen LogP contribution in [0.4, 0.5) is 0 Å². The van der Waals surface area contributed by atoms with Crippen LogP contribution in [0.2, 0.25) is 0 Å². The number of carbonyl (C=O) groups is 1. The molecule has 0 fully saturated rings. The lowest BCUT2D eigenvalue weighted by Crippen LogP contribution is -2.23. The third kappa shape index (κ3) is 5.57. The monoisotopic (exact) mass is 207 g/mol. The molecular formula is C11H17N3O. The van der Waals surface area contributed by atoms with Crippen molar-refractivity contribution in [2.24, 2.45) is 0 Å². The third-order valence-corrected chi connectivity index (χ3v) is 1.44. The average Bonchev–Trinajstić information content (AvgIpc) is 2.33. The number of carbonyl (C=O) groups excluding carboxylic acids is 1. The molecule has 0 aliphatic heterocycles. The fourth-order valence-corrected chi connectivity index (χ4v) is 0.788. The Morgan fingerprint density at radius 1 is 1.40 bits per heavy atom. The molecule has 0 aliphatic carbocycles. The van der Waals surface area contributed by atoms with Crippen molar-refractivity contribution >= 4 is 5.91 Å². The molecule has 0 atom stereocenters. The maximum atomic E-state index is 11.3. The Labute approximate surface area is 90.5 Å². The normalized spacial score (nSPS) is 9.27. The van der Waals surface area contributed by atoms with E-state index in [-0.39, 0.29) is 5.91 Å². The third-order valence-electron chi connectivity index (χ3n) is 1.44. The van der Waals surface area contributed by atoms with E-state index in [0.717, 1.165) is 0 Å². The van der Waals surface area contributed by atoms with Gasteiger partial charge in [0, 0.05) is 18.9 Å². The van der Waals surface area contributed by atoms with Crippen molar-refractivity contribution < 1.29 is 4.79 Å². The van der Waals surface area contributed by atoms with E-state index in [9.17, 15) is 4.79 Å². The minimum Gasteiger partial charge on any atom is -0.348 e. The second-order valence-corrected chi connectivity index (χ2v) is 2.41. The molecule has 0 aliphatic rings. The summed E-state index contributed by atoms with van der Waals surface area (Å²) in [4.78, 5) is 18.8. The SMILES string of the molecule is C/C=C/CNC(=O)c1cncnc1.CC. The number of nitrogens with zero attached hydrogens (tertiary/aromatic N) is 2. The van der Waals surface area contributed by atoms with Crippen LogP contribution < -0.4 is 5.32 Å². The zero-order chi connectivity index (χ0) is 11.5. The summed E-state index contributed by atoms with van der Waals surface area (Å²) in [5, 5.41) is 2.69. The van der Waals surface area contributed by atoms with Gasteiger partial charge in [0.05, 0.1) is 5.56 Å². The Kier molecular flexibility index (Phi) is 7.86. The van der Waals surface area contributed by atoms with Crippen molar-refractivity contribution in [3.05, 3.63) is 36.4 Å². The molecule has 82 valence electrons. The van der Waals surface area contributed by atoms with Gasteiger partial charge < -0.3 is 5.32 Å². The Morgan fingerprint density at radius 3 is 2.53 bits per heavy atom. The molecule has 1 heterocycles. The lowest BCUT2D eigenvalue weighted by Gasteiger charge is -1.99. The van der Waals surface area contributed by atoms with Gasteiger partial charge in [0.1, 0.15) is 6.33 Å². The summed E-state index contributed by atoms with van der Waals surface area (Å²) in [5.41, 5.74) is 0.479. The zero-order valence-electron chi connectivity index (χ0n) is 9.40. The molecule has 0 saturated carbocycles. The highest BCUT2D eigenvalue weighted by Gasteiger charge is 2.02. The first kappa shape index (κ1) is 13.3. The van der Waals surface area contributed by atoms with Crippen LogP contribution in [0.15, 0.2) is 30.9 Å². The van der Waals surface area contributed by atoms with Gasteiger partial charge in [-0.25, -0.2) is 9.97 Å². The first-order valence-electron chi connectivity index (χ1n) is 4.99. The molecule has 0 spiro atoms. The number of rotatable bonds is 3. The Balaban J connectivity index is 0.000000921. The van der Waals surface area contributed by atoms with Gasteiger partial charge >= 0.3 is 0 Å². The summed E-state index contributed by atoms with van der Waals surface area (Å²) in [7, 11) is 0. The molecule has 1 aromatic rings. The summed E-state index contributed by atoms with van der Waals surface area (Å²) >= 11 is 0. The molecule has 15 heavy (non-hydrogen) atoms. The van der Waals surface area contributed by atoms with Crippen LogP contribution in [0.5, 0.6) is 0 Å².